The van der Waals surface area contributed by atoms with Crippen LogP contribution in [0.2, 0.25) is 0 Å². The summed E-state index contributed by atoms with van der Waals surface area (Å²) in [6, 6.07) is 51.1. The highest BCUT2D eigenvalue weighted by atomic mass is 31.2. The van der Waals surface area contributed by atoms with E-state index in [0.717, 1.165) is 6.16 Å². The fourth-order valence-electron chi connectivity index (χ4n) is 5.31. The minimum absolute atomic E-state index is 0.975. The molecule has 1 aliphatic rings. The van der Waals surface area contributed by atoms with Crippen molar-refractivity contribution >= 4 is 28.7 Å². The van der Waals surface area contributed by atoms with Gasteiger partial charge in [-0.05, 0) is 70.3 Å². The Morgan fingerprint density at radius 2 is 0.706 bits per heavy atom. The van der Waals surface area contributed by atoms with Gasteiger partial charge in [0.1, 0.15) is 23.2 Å². The van der Waals surface area contributed by atoms with Crippen molar-refractivity contribution in [3.63, 3.8) is 0 Å². The fourth-order valence-corrected chi connectivity index (χ4v) is 9.34. The first-order valence-electron chi connectivity index (χ1n) is 11.8. The van der Waals surface area contributed by atoms with E-state index < -0.39 is 7.26 Å². The lowest BCUT2D eigenvalue weighted by Crippen LogP contribution is -2.33. The molecule has 0 aromatic heterocycles. The highest BCUT2D eigenvalue weighted by Crippen LogP contribution is 2.56. The van der Waals surface area contributed by atoms with E-state index in [4.69, 9.17) is 0 Å². The lowest BCUT2D eigenvalue weighted by atomic mass is 10.0. The zero-order valence-electron chi connectivity index (χ0n) is 19.0. The Hall–Kier alpha value is -3.73. The van der Waals surface area contributed by atoms with E-state index in [1.165, 1.54) is 43.7 Å². The summed E-state index contributed by atoms with van der Waals surface area (Å²) >= 11 is 0. The molecule has 5 aromatic carbocycles. The molecule has 0 spiro atoms. The van der Waals surface area contributed by atoms with Crippen LogP contribution in [0.5, 0.6) is 0 Å². The first kappa shape index (κ1) is 20.8. The SMILES string of the molecule is C(C[P+](c1ccccc1)(c1ccccc1)c1ccccc1)=C1c2ccccc2-c2ccccc21. The van der Waals surface area contributed by atoms with Crippen molar-refractivity contribution in [1.29, 1.82) is 0 Å². The second-order valence-electron chi connectivity index (χ2n) is 8.71. The summed E-state index contributed by atoms with van der Waals surface area (Å²) in [5.41, 5.74) is 6.73. The monoisotopic (exact) mass is 453 g/mol. The largest absolute Gasteiger partial charge is 0.116 e. The van der Waals surface area contributed by atoms with Crippen LogP contribution in [0.25, 0.3) is 16.7 Å². The zero-order valence-corrected chi connectivity index (χ0v) is 19.9. The molecule has 0 saturated carbocycles. The van der Waals surface area contributed by atoms with Crippen molar-refractivity contribution in [1.82, 2.24) is 0 Å². The van der Waals surface area contributed by atoms with E-state index in [0.29, 0.717) is 0 Å². The van der Waals surface area contributed by atoms with Crippen LogP contribution in [0, 0.1) is 0 Å². The van der Waals surface area contributed by atoms with E-state index in [2.05, 4.69) is 146 Å². The maximum Gasteiger partial charge on any atom is 0.116 e. The molecule has 0 saturated heterocycles. The Kier molecular flexibility index (Phi) is 5.46. The van der Waals surface area contributed by atoms with Crippen molar-refractivity contribution in [2.24, 2.45) is 0 Å². The minimum Gasteiger partial charge on any atom is -0.0620 e. The van der Waals surface area contributed by atoms with E-state index in [9.17, 15) is 0 Å². The van der Waals surface area contributed by atoms with Crippen LogP contribution in [-0.2, 0) is 0 Å². The van der Waals surface area contributed by atoms with Crippen LogP contribution < -0.4 is 15.9 Å². The van der Waals surface area contributed by atoms with Crippen LogP contribution in [0.15, 0.2) is 146 Å². The summed E-state index contributed by atoms with van der Waals surface area (Å²) in [4.78, 5) is 0. The Labute approximate surface area is 202 Å². The average molecular weight is 454 g/mol. The molecule has 0 radical (unpaired) electrons. The molecule has 1 heteroatoms. The maximum absolute atomic E-state index is 2.52. The van der Waals surface area contributed by atoms with Crippen molar-refractivity contribution in [2.45, 2.75) is 0 Å². The van der Waals surface area contributed by atoms with E-state index in [-0.39, 0.29) is 0 Å². The molecule has 0 nitrogen and oxygen atoms in total. The van der Waals surface area contributed by atoms with Crippen molar-refractivity contribution in [3.05, 3.63) is 157 Å². The lowest BCUT2D eigenvalue weighted by molar-refractivity contribution is 1.61. The summed E-state index contributed by atoms with van der Waals surface area (Å²) in [6.45, 7) is 0. The van der Waals surface area contributed by atoms with Gasteiger partial charge in [-0.3, -0.25) is 0 Å². The molecule has 1 aliphatic carbocycles. The predicted octanol–water partition coefficient (Wildman–Crippen LogP) is 7.09. The predicted molar refractivity (Wildman–Crippen MR) is 149 cm³/mol. The number of rotatable bonds is 5. The molecule has 162 valence electrons. The van der Waals surface area contributed by atoms with Gasteiger partial charge in [-0.15, -0.1) is 0 Å². The Bertz CT molecular complexity index is 1310. The van der Waals surface area contributed by atoms with Crippen molar-refractivity contribution in [2.75, 3.05) is 6.16 Å². The highest BCUT2D eigenvalue weighted by Gasteiger charge is 2.44. The molecule has 6 rings (SSSR count). The molecule has 0 unspecified atom stereocenters. The molecule has 0 amide bonds. The normalized spacial score (nSPS) is 12.2. The number of hydrogen-bond acceptors (Lipinski definition) is 0. The van der Waals surface area contributed by atoms with Gasteiger partial charge in [0, 0.05) is 0 Å². The van der Waals surface area contributed by atoms with Crippen LogP contribution in [-0.4, -0.2) is 6.16 Å². The number of benzene rings is 5. The standard InChI is InChI=1S/C33H26P/c1-4-14-26(15-5-1)34(27-16-6-2-7-17-27,28-18-8-3-9-19-28)25-24-33-31-22-12-10-20-29(31)30-21-11-13-23-32(30)33/h1-24H,25H2/q+1. The van der Waals surface area contributed by atoms with E-state index in [1.54, 1.807) is 0 Å². The van der Waals surface area contributed by atoms with Gasteiger partial charge < -0.3 is 0 Å². The topological polar surface area (TPSA) is 0 Å². The molecule has 34 heavy (non-hydrogen) atoms. The summed E-state index contributed by atoms with van der Waals surface area (Å²) < 4.78 is 0. The zero-order chi connectivity index (χ0) is 22.8. The van der Waals surface area contributed by atoms with Crippen LogP contribution in [0.3, 0.4) is 0 Å². The van der Waals surface area contributed by atoms with Crippen LogP contribution in [0.1, 0.15) is 11.1 Å². The quantitative estimate of drug-likeness (QED) is 0.244. The number of hydrogen-bond donors (Lipinski definition) is 0. The van der Waals surface area contributed by atoms with Gasteiger partial charge in [-0.25, -0.2) is 0 Å². The molecule has 0 bridgehead atoms. The first-order chi connectivity index (χ1) is 16.9. The van der Waals surface area contributed by atoms with Crippen molar-refractivity contribution < 1.29 is 0 Å². The third-order valence-electron chi connectivity index (χ3n) is 6.88. The molecular formula is C33H26P+. The summed E-state index contributed by atoms with van der Waals surface area (Å²) in [6.07, 6.45) is 3.49. The van der Waals surface area contributed by atoms with Gasteiger partial charge in [0.2, 0.25) is 0 Å². The Morgan fingerprint density at radius 3 is 1.09 bits per heavy atom. The Morgan fingerprint density at radius 1 is 0.382 bits per heavy atom. The first-order valence-corrected chi connectivity index (χ1v) is 13.8. The van der Waals surface area contributed by atoms with Crippen molar-refractivity contribution in [3.8, 4) is 11.1 Å². The maximum atomic E-state index is 2.52. The lowest BCUT2D eigenvalue weighted by Gasteiger charge is -2.27. The summed E-state index contributed by atoms with van der Waals surface area (Å²) in [5, 5.41) is 4.26. The molecular weight excluding hydrogens is 427 g/mol. The number of fused-ring (bicyclic) bond motifs is 3. The molecule has 0 fully saturated rings. The second kappa shape index (κ2) is 8.90. The highest BCUT2D eigenvalue weighted by molar-refractivity contribution is 7.95. The number of allylic oxidation sites excluding steroid dienone is 1. The molecule has 0 atom stereocenters. The molecule has 0 aliphatic heterocycles. The summed E-state index contributed by atoms with van der Waals surface area (Å²) in [7, 11) is -1.91. The molecule has 0 heterocycles. The minimum atomic E-state index is -1.91. The van der Waals surface area contributed by atoms with E-state index >= 15 is 0 Å². The van der Waals surface area contributed by atoms with Gasteiger partial charge in [-0.2, -0.15) is 0 Å². The third kappa shape index (κ3) is 3.43. The van der Waals surface area contributed by atoms with E-state index in [1.807, 2.05) is 0 Å². The van der Waals surface area contributed by atoms with Gasteiger partial charge in [0.15, 0.2) is 0 Å². The molecule has 0 N–H and O–H groups in total. The van der Waals surface area contributed by atoms with Gasteiger partial charge in [0.25, 0.3) is 0 Å². The fraction of sp³-hybridized carbons (Fsp3) is 0.0303. The summed E-state index contributed by atoms with van der Waals surface area (Å²) in [5.74, 6) is 0. The smallest absolute Gasteiger partial charge is 0.0620 e. The average Bonchev–Trinajstić information content (AvgIpc) is 3.25. The van der Waals surface area contributed by atoms with Gasteiger partial charge in [-0.1, -0.05) is 103 Å². The second-order valence-corrected chi connectivity index (χ2v) is 12.2. The van der Waals surface area contributed by atoms with Crippen LogP contribution in [0.4, 0.5) is 0 Å². The molecule has 5 aromatic rings. The third-order valence-corrected chi connectivity index (χ3v) is 11.2. The van der Waals surface area contributed by atoms with Crippen LogP contribution >= 0.6 is 7.26 Å². The Balaban J connectivity index is 1.59. The van der Waals surface area contributed by atoms with Gasteiger partial charge >= 0.3 is 0 Å². The van der Waals surface area contributed by atoms with Gasteiger partial charge in [0.05, 0.1) is 6.16 Å².